The first-order chi connectivity index (χ1) is 6.86. The summed E-state index contributed by atoms with van der Waals surface area (Å²) in [6, 6.07) is 10.4. The number of benzene rings is 1. The number of para-hydroxylation sites is 1. The number of nitrogens with zero attached hydrogens (tertiary/aromatic N) is 2. The highest BCUT2D eigenvalue weighted by Gasteiger charge is 2.16. The fourth-order valence-electron chi connectivity index (χ4n) is 1.30. The van der Waals surface area contributed by atoms with E-state index in [1.54, 1.807) is 0 Å². The van der Waals surface area contributed by atoms with Crippen LogP contribution in [-0.4, -0.2) is 30.4 Å². The predicted octanol–water partition coefficient (Wildman–Crippen LogP) is 1.54. The fraction of sp³-hybridized carbons (Fsp3) is 0.273. The molecule has 0 amide bonds. The van der Waals surface area contributed by atoms with Gasteiger partial charge in [0.2, 0.25) is 0 Å². The van der Waals surface area contributed by atoms with Crippen molar-refractivity contribution in [3.8, 4) is 5.75 Å². The van der Waals surface area contributed by atoms with E-state index in [1.165, 1.54) is 0 Å². The first-order valence-electron chi connectivity index (χ1n) is 4.70. The monoisotopic (exact) mass is 189 g/mol. The largest absolute Gasteiger partial charge is 0.497 e. The van der Waals surface area contributed by atoms with E-state index in [1.807, 2.05) is 42.0 Å². The highest BCUT2D eigenvalue weighted by atomic mass is 16.5. The van der Waals surface area contributed by atoms with Gasteiger partial charge in [0, 0.05) is 6.42 Å². The zero-order valence-corrected chi connectivity index (χ0v) is 8.18. The highest BCUT2D eigenvalue weighted by Crippen LogP contribution is 2.09. The molecular weight excluding hydrogens is 176 g/mol. The Morgan fingerprint density at radius 2 is 2.07 bits per heavy atom. The summed E-state index contributed by atoms with van der Waals surface area (Å²) in [7, 11) is 1.95. The molecule has 1 aliphatic rings. The van der Waals surface area contributed by atoms with Gasteiger partial charge in [0.1, 0.15) is 12.3 Å². The third kappa shape index (κ3) is 1.99. The number of hydrogen-bond donors (Lipinski definition) is 0. The van der Waals surface area contributed by atoms with Crippen LogP contribution >= 0.6 is 0 Å². The third-order valence-corrected chi connectivity index (χ3v) is 2.03. The van der Waals surface area contributed by atoms with Crippen molar-refractivity contribution in [3.05, 3.63) is 30.3 Å². The first-order valence-corrected chi connectivity index (χ1v) is 4.70. The van der Waals surface area contributed by atoms with Crippen LogP contribution in [0, 0.1) is 0 Å². The molecule has 14 heavy (non-hydrogen) atoms. The predicted molar refractivity (Wildman–Crippen MR) is 56.2 cm³/mol. The molecule has 0 aliphatic carbocycles. The van der Waals surface area contributed by atoms with E-state index in [0.717, 1.165) is 18.7 Å². The Labute approximate surface area is 83.4 Å². The molecule has 0 saturated heterocycles. The van der Waals surface area contributed by atoms with Crippen molar-refractivity contribution in [2.24, 2.45) is 4.99 Å². The van der Waals surface area contributed by atoms with E-state index in [4.69, 9.17) is 4.74 Å². The molecule has 1 heterocycles. The van der Waals surface area contributed by atoms with Gasteiger partial charge in [-0.25, -0.2) is 4.58 Å². The minimum Gasteiger partial charge on any atom is -0.389 e. The van der Waals surface area contributed by atoms with Gasteiger partial charge in [0.05, 0.1) is 13.3 Å². The molecule has 0 fully saturated rings. The second kappa shape index (κ2) is 4.05. The van der Waals surface area contributed by atoms with Crippen molar-refractivity contribution in [2.75, 3.05) is 13.6 Å². The summed E-state index contributed by atoms with van der Waals surface area (Å²) in [5, 5.41) is 0. The van der Waals surface area contributed by atoms with Crippen LogP contribution in [0.15, 0.2) is 35.3 Å². The number of aliphatic imine (C=N–C) groups is 1. The van der Waals surface area contributed by atoms with E-state index < -0.39 is 0 Å². The van der Waals surface area contributed by atoms with E-state index in [0.29, 0.717) is 6.02 Å². The fourth-order valence-corrected chi connectivity index (χ4v) is 1.30. The SMILES string of the molecule is C[N+]1=CCCN=C1Oc1ccccc1. The Morgan fingerprint density at radius 1 is 1.29 bits per heavy atom. The molecule has 0 aromatic heterocycles. The topological polar surface area (TPSA) is 24.6 Å². The van der Waals surface area contributed by atoms with Gasteiger partial charge in [0.15, 0.2) is 0 Å². The molecule has 0 bridgehead atoms. The summed E-state index contributed by atoms with van der Waals surface area (Å²) in [6.45, 7) is 0.812. The zero-order chi connectivity index (χ0) is 9.80. The van der Waals surface area contributed by atoms with Gasteiger partial charge in [-0.1, -0.05) is 18.2 Å². The van der Waals surface area contributed by atoms with E-state index in [2.05, 4.69) is 11.2 Å². The second-order valence-electron chi connectivity index (χ2n) is 3.16. The molecule has 2 rings (SSSR count). The highest BCUT2D eigenvalue weighted by molar-refractivity contribution is 5.74. The average molecular weight is 189 g/mol. The van der Waals surface area contributed by atoms with E-state index >= 15 is 0 Å². The molecule has 0 radical (unpaired) electrons. The molecule has 0 atom stereocenters. The van der Waals surface area contributed by atoms with Crippen molar-refractivity contribution >= 4 is 12.2 Å². The summed E-state index contributed by atoms with van der Waals surface area (Å²) in [6.07, 6.45) is 3.06. The Balaban J connectivity index is 2.12. The smallest absolute Gasteiger partial charge is 0.389 e. The van der Waals surface area contributed by atoms with Crippen molar-refractivity contribution in [3.63, 3.8) is 0 Å². The van der Waals surface area contributed by atoms with Gasteiger partial charge >= 0.3 is 6.02 Å². The number of hydrogen-bond acceptors (Lipinski definition) is 2. The minimum absolute atomic E-state index is 0.669. The second-order valence-corrected chi connectivity index (χ2v) is 3.16. The molecule has 1 aromatic rings. The molecule has 3 nitrogen and oxygen atoms in total. The number of rotatable bonds is 1. The molecule has 0 spiro atoms. The first kappa shape index (κ1) is 8.94. The summed E-state index contributed by atoms with van der Waals surface area (Å²) in [5.74, 6) is 0.827. The summed E-state index contributed by atoms with van der Waals surface area (Å²) in [4.78, 5) is 4.29. The number of ether oxygens (including phenoxy) is 1. The van der Waals surface area contributed by atoms with Gasteiger partial charge in [0.25, 0.3) is 0 Å². The molecule has 0 N–H and O–H groups in total. The Kier molecular flexibility index (Phi) is 2.58. The maximum absolute atomic E-state index is 5.61. The minimum atomic E-state index is 0.669. The molecule has 1 aromatic carbocycles. The Bertz CT molecular complexity index is 368. The summed E-state index contributed by atoms with van der Waals surface area (Å²) in [5.41, 5.74) is 0. The molecule has 1 aliphatic heterocycles. The maximum atomic E-state index is 5.61. The van der Waals surface area contributed by atoms with Crippen LogP contribution < -0.4 is 4.74 Å². The summed E-state index contributed by atoms with van der Waals surface area (Å²) >= 11 is 0. The van der Waals surface area contributed by atoms with Crippen LogP contribution in [0.25, 0.3) is 0 Å². The van der Waals surface area contributed by atoms with Crippen LogP contribution in [0.1, 0.15) is 6.42 Å². The lowest BCUT2D eigenvalue weighted by Crippen LogP contribution is -2.27. The van der Waals surface area contributed by atoms with Crippen LogP contribution in [0.3, 0.4) is 0 Å². The molecule has 3 heteroatoms. The van der Waals surface area contributed by atoms with Crippen LogP contribution in [-0.2, 0) is 0 Å². The lowest BCUT2D eigenvalue weighted by Gasteiger charge is -2.05. The van der Waals surface area contributed by atoms with Gasteiger partial charge < -0.3 is 4.74 Å². The molecule has 72 valence electrons. The standard InChI is InChI=1S/C11H13N2O/c1-13-9-5-8-12-11(13)14-10-6-3-2-4-7-10/h2-4,6-7,9H,5,8H2,1H3/q+1. The van der Waals surface area contributed by atoms with E-state index in [9.17, 15) is 0 Å². The Hall–Kier alpha value is -1.64. The van der Waals surface area contributed by atoms with Crippen molar-refractivity contribution in [1.29, 1.82) is 0 Å². The lowest BCUT2D eigenvalue weighted by molar-refractivity contribution is -0.386. The van der Waals surface area contributed by atoms with Gasteiger partial charge in [-0.2, -0.15) is 0 Å². The van der Waals surface area contributed by atoms with Gasteiger partial charge in [-0.05, 0) is 17.1 Å². The average Bonchev–Trinajstić information content (AvgIpc) is 2.23. The molecular formula is C11H13N2O+. The van der Waals surface area contributed by atoms with Gasteiger partial charge in [-0.15, -0.1) is 0 Å². The maximum Gasteiger partial charge on any atom is 0.497 e. The zero-order valence-electron chi connectivity index (χ0n) is 8.18. The van der Waals surface area contributed by atoms with Gasteiger partial charge in [-0.3, -0.25) is 0 Å². The Morgan fingerprint density at radius 3 is 2.79 bits per heavy atom. The van der Waals surface area contributed by atoms with Crippen molar-refractivity contribution in [1.82, 2.24) is 0 Å². The number of amidine groups is 1. The van der Waals surface area contributed by atoms with Crippen molar-refractivity contribution < 1.29 is 9.31 Å². The van der Waals surface area contributed by atoms with E-state index in [-0.39, 0.29) is 0 Å². The lowest BCUT2D eigenvalue weighted by atomic mass is 10.3. The normalized spacial score (nSPS) is 15.8. The third-order valence-electron chi connectivity index (χ3n) is 2.03. The van der Waals surface area contributed by atoms with Crippen LogP contribution in [0.2, 0.25) is 0 Å². The van der Waals surface area contributed by atoms with Crippen LogP contribution in [0.4, 0.5) is 0 Å². The molecule has 0 unspecified atom stereocenters. The van der Waals surface area contributed by atoms with Crippen molar-refractivity contribution in [2.45, 2.75) is 6.42 Å². The summed E-state index contributed by atoms with van der Waals surface area (Å²) < 4.78 is 7.53. The van der Waals surface area contributed by atoms with Crippen LogP contribution in [0.5, 0.6) is 5.75 Å². The quantitative estimate of drug-likeness (QED) is 0.615. The molecule has 0 saturated carbocycles.